The molecular formula is C10H10N2O. The molecule has 0 fully saturated rings. The molecule has 13 heavy (non-hydrogen) atoms. The normalized spacial score (nSPS) is 14.2. The number of aldehydes is 1. The molecule has 0 aliphatic carbocycles. The summed E-state index contributed by atoms with van der Waals surface area (Å²) < 4.78 is 0. The predicted molar refractivity (Wildman–Crippen MR) is 51.5 cm³/mol. The summed E-state index contributed by atoms with van der Waals surface area (Å²) in [7, 11) is 0. The Bertz CT molecular complexity index is 358. The maximum atomic E-state index is 10.1. The molecule has 1 aromatic rings. The summed E-state index contributed by atoms with van der Waals surface area (Å²) in [6.07, 6.45) is 6.79. The Balaban J connectivity index is 2.30. The SMILES string of the molecule is O=CC=Cc1cnc2c(c1)CCN2. The molecule has 0 unspecified atom stereocenters. The van der Waals surface area contributed by atoms with E-state index in [1.165, 1.54) is 11.6 Å². The molecule has 3 nitrogen and oxygen atoms in total. The lowest BCUT2D eigenvalue weighted by atomic mass is 10.1. The van der Waals surface area contributed by atoms with Gasteiger partial charge in [0, 0.05) is 12.7 Å². The van der Waals surface area contributed by atoms with E-state index in [1.807, 2.05) is 0 Å². The Morgan fingerprint density at radius 3 is 3.31 bits per heavy atom. The molecule has 1 N–H and O–H groups in total. The highest BCUT2D eigenvalue weighted by atomic mass is 16.1. The van der Waals surface area contributed by atoms with Crippen molar-refractivity contribution in [3.05, 3.63) is 29.5 Å². The number of rotatable bonds is 2. The highest BCUT2D eigenvalue weighted by Crippen LogP contribution is 2.20. The third-order valence-electron chi connectivity index (χ3n) is 2.04. The zero-order valence-corrected chi connectivity index (χ0v) is 7.16. The van der Waals surface area contributed by atoms with Gasteiger partial charge < -0.3 is 5.32 Å². The average Bonchev–Trinajstić information content (AvgIpc) is 2.61. The van der Waals surface area contributed by atoms with Crippen LogP contribution >= 0.6 is 0 Å². The molecule has 1 aromatic heterocycles. The van der Waals surface area contributed by atoms with Crippen LogP contribution in [0.2, 0.25) is 0 Å². The van der Waals surface area contributed by atoms with E-state index in [0.717, 1.165) is 30.6 Å². The fraction of sp³-hybridized carbons (Fsp3) is 0.200. The number of carbonyl (C=O) groups excluding carboxylic acids is 1. The van der Waals surface area contributed by atoms with Crippen molar-refractivity contribution >= 4 is 18.2 Å². The Morgan fingerprint density at radius 1 is 1.54 bits per heavy atom. The molecule has 66 valence electrons. The van der Waals surface area contributed by atoms with Crippen molar-refractivity contribution in [3.63, 3.8) is 0 Å². The number of nitrogens with zero attached hydrogens (tertiary/aromatic N) is 1. The first-order valence-electron chi connectivity index (χ1n) is 4.25. The quantitative estimate of drug-likeness (QED) is 0.542. The summed E-state index contributed by atoms with van der Waals surface area (Å²) in [4.78, 5) is 14.3. The summed E-state index contributed by atoms with van der Waals surface area (Å²) in [5, 5.41) is 3.18. The maximum absolute atomic E-state index is 10.1. The lowest BCUT2D eigenvalue weighted by Gasteiger charge is -1.98. The fourth-order valence-corrected chi connectivity index (χ4v) is 1.44. The summed E-state index contributed by atoms with van der Waals surface area (Å²) in [6.45, 7) is 0.961. The molecule has 1 aliphatic heterocycles. The number of fused-ring (bicyclic) bond motifs is 1. The predicted octanol–water partition coefficient (Wildman–Crippen LogP) is 1.26. The number of hydrogen-bond acceptors (Lipinski definition) is 3. The molecule has 2 rings (SSSR count). The van der Waals surface area contributed by atoms with Crippen LogP contribution in [0, 0.1) is 0 Å². The number of anilines is 1. The molecule has 0 spiro atoms. The van der Waals surface area contributed by atoms with Gasteiger partial charge in [-0.15, -0.1) is 0 Å². The minimum absolute atomic E-state index is 0.769. The molecule has 1 aliphatic rings. The van der Waals surface area contributed by atoms with Gasteiger partial charge >= 0.3 is 0 Å². The minimum Gasteiger partial charge on any atom is -0.370 e. The van der Waals surface area contributed by atoms with Crippen LogP contribution in [0.4, 0.5) is 5.82 Å². The monoisotopic (exact) mass is 174 g/mol. The van der Waals surface area contributed by atoms with Gasteiger partial charge in [-0.3, -0.25) is 4.79 Å². The number of nitrogens with one attached hydrogen (secondary N) is 1. The van der Waals surface area contributed by atoms with E-state index in [9.17, 15) is 4.79 Å². The zero-order chi connectivity index (χ0) is 9.10. The molecule has 0 saturated heterocycles. The van der Waals surface area contributed by atoms with Crippen LogP contribution in [-0.2, 0) is 11.2 Å². The van der Waals surface area contributed by atoms with Crippen molar-refractivity contribution in [2.24, 2.45) is 0 Å². The molecule has 0 bridgehead atoms. The van der Waals surface area contributed by atoms with Crippen LogP contribution in [-0.4, -0.2) is 17.8 Å². The van der Waals surface area contributed by atoms with Crippen LogP contribution in [0.25, 0.3) is 6.08 Å². The fourth-order valence-electron chi connectivity index (χ4n) is 1.44. The first-order chi connectivity index (χ1) is 6.40. The molecule has 2 heterocycles. The lowest BCUT2D eigenvalue weighted by molar-refractivity contribution is -0.104. The molecule has 0 radical (unpaired) electrons. The van der Waals surface area contributed by atoms with Gasteiger partial charge in [-0.25, -0.2) is 4.98 Å². The van der Waals surface area contributed by atoms with Crippen molar-refractivity contribution in [1.82, 2.24) is 4.98 Å². The molecule has 0 atom stereocenters. The standard InChI is InChI=1S/C10H10N2O/c13-5-1-2-8-6-9-3-4-11-10(9)12-7-8/h1-2,5-7H,3-4H2,(H,11,12). The molecule has 0 saturated carbocycles. The number of carbonyl (C=O) groups is 1. The number of aromatic nitrogens is 1. The Labute approximate surface area is 76.5 Å². The smallest absolute Gasteiger partial charge is 0.142 e. The van der Waals surface area contributed by atoms with Gasteiger partial charge in [0.25, 0.3) is 0 Å². The van der Waals surface area contributed by atoms with Gasteiger partial charge in [-0.1, -0.05) is 6.08 Å². The highest BCUT2D eigenvalue weighted by molar-refractivity contribution is 5.74. The second-order valence-electron chi connectivity index (χ2n) is 2.95. The van der Waals surface area contributed by atoms with Gasteiger partial charge in [-0.05, 0) is 29.7 Å². The average molecular weight is 174 g/mol. The molecular weight excluding hydrogens is 164 g/mol. The molecule has 0 amide bonds. The van der Waals surface area contributed by atoms with E-state index < -0.39 is 0 Å². The second-order valence-corrected chi connectivity index (χ2v) is 2.95. The number of pyridine rings is 1. The van der Waals surface area contributed by atoms with Crippen LogP contribution < -0.4 is 5.32 Å². The Kier molecular flexibility index (Phi) is 2.08. The minimum atomic E-state index is 0.769. The van der Waals surface area contributed by atoms with Gasteiger partial charge in [0.05, 0.1) is 0 Å². The summed E-state index contributed by atoms with van der Waals surface area (Å²) in [5.74, 6) is 0.975. The summed E-state index contributed by atoms with van der Waals surface area (Å²) in [6, 6.07) is 2.06. The van der Waals surface area contributed by atoms with E-state index in [2.05, 4.69) is 16.4 Å². The van der Waals surface area contributed by atoms with Gasteiger partial charge in [0.2, 0.25) is 0 Å². The van der Waals surface area contributed by atoms with Crippen molar-refractivity contribution in [3.8, 4) is 0 Å². The third-order valence-corrected chi connectivity index (χ3v) is 2.04. The molecule has 0 aromatic carbocycles. The van der Waals surface area contributed by atoms with E-state index in [1.54, 1.807) is 12.3 Å². The summed E-state index contributed by atoms with van der Waals surface area (Å²) in [5.41, 5.74) is 2.21. The van der Waals surface area contributed by atoms with Gasteiger partial charge in [0.1, 0.15) is 12.1 Å². The number of allylic oxidation sites excluding steroid dienone is 1. The van der Waals surface area contributed by atoms with Crippen LogP contribution in [0.1, 0.15) is 11.1 Å². The van der Waals surface area contributed by atoms with E-state index in [0.29, 0.717) is 0 Å². The van der Waals surface area contributed by atoms with Crippen LogP contribution in [0.3, 0.4) is 0 Å². The van der Waals surface area contributed by atoms with E-state index in [4.69, 9.17) is 0 Å². The van der Waals surface area contributed by atoms with Gasteiger partial charge in [0.15, 0.2) is 0 Å². The Morgan fingerprint density at radius 2 is 2.46 bits per heavy atom. The largest absolute Gasteiger partial charge is 0.370 e. The second kappa shape index (κ2) is 3.39. The van der Waals surface area contributed by atoms with Gasteiger partial charge in [-0.2, -0.15) is 0 Å². The van der Waals surface area contributed by atoms with Crippen molar-refractivity contribution in [1.29, 1.82) is 0 Å². The summed E-state index contributed by atoms with van der Waals surface area (Å²) >= 11 is 0. The zero-order valence-electron chi connectivity index (χ0n) is 7.16. The molecule has 3 heteroatoms. The van der Waals surface area contributed by atoms with Crippen LogP contribution in [0.15, 0.2) is 18.3 Å². The van der Waals surface area contributed by atoms with Crippen LogP contribution in [0.5, 0.6) is 0 Å². The van der Waals surface area contributed by atoms with E-state index >= 15 is 0 Å². The maximum Gasteiger partial charge on any atom is 0.142 e. The Hall–Kier alpha value is -1.64. The van der Waals surface area contributed by atoms with Crippen molar-refractivity contribution in [2.45, 2.75) is 6.42 Å². The topological polar surface area (TPSA) is 42.0 Å². The van der Waals surface area contributed by atoms with E-state index in [-0.39, 0.29) is 0 Å². The van der Waals surface area contributed by atoms with Crippen molar-refractivity contribution < 1.29 is 4.79 Å². The third kappa shape index (κ3) is 1.59. The van der Waals surface area contributed by atoms with Crippen molar-refractivity contribution in [2.75, 3.05) is 11.9 Å². The first kappa shape index (κ1) is 7.98. The lowest BCUT2D eigenvalue weighted by Crippen LogP contribution is -1.92. The first-order valence-corrected chi connectivity index (χ1v) is 4.25. The number of hydrogen-bond donors (Lipinski definition) is 1. The highest BCUT2D eigenvalue weighted by Gasteiger charge is 2.10.